The molecule has 0 saturated carbocycles. The Bertz CT molecular complexity index is 841. The first-order chi connectivity index (χ1) is 10.3. The van der Waals surface area contributed by atoms with Crippen molar-refractivity contribution in [1.29, 1.82) is 0 Å². The summed E-state index contributed by atoms with van der Waals surface area (Å²) in [5.74, 6) is 0.795. The zero-order valence-electron chi connectivity index (χ0n) is 11.6. The monoisotopic (exact) mass is 343 g/mol. The predicted octanol–water partition coefficient (Wildman–Crippen LogP) is 3.76. The van der Waals surface area contributed by atoms with E-state index in [9.17, 15) is 0 Å². The van der Waals surface area contributed by atoms with Gasteiger partial charge in [-0.3, -0.25) is 4.57 Å². The lowest BCUT2D eigenvalue weighted by Crippen LogP contribution is -1.95. The second-order valence-corrected chi connectivity index (χ2v) is 5.96. The first-order valence-electron chi connectivity index (χ1n) is 6.84. The summed E-state index contributed by atoms with van der Waals surface area (Å²) >= 11 is 3.54. The molecule has 5 heteroatoms. The number of rotatable bonds is 2. The van der Waals surface area contributed by atoms with Crippen molar-refractivity contribution < 1.29 is 4.74 Å². The van der Waals surface area contributed by atoms with Gasteiger partial charge in [-0.25, -0.2) is 4.98 Å². The minimum Gasteiger partial charge on any atom is -0.495 e. The number of methoxy groups -OCH3 is 1. The van der Waals surface area contributed by atoms with Gasteiger partial charge in [0, 0.05) is 24.0 Å². The van der Waals surface area contributed by atoms with Gasteiger partial charge in [-0.05, 0) is 46.1 Å². The second-order valence-electron chi connectivity index (χ2n) is 5.11. The van der Waals surface area contributed by atoms with Crippen LogP contribution < -0.4 is 10.1 Å². The Morgan fingerprint density at radius 1 is 1.29 bits per heavy atom. The average molecular weight is 344 g/mol. The van der Waals surface area contributed by atoms with E-state index in [2.05, 4.69) is 49.0 Å². The van der Waals surface area contributed by atoms with Crippen LogP contribution in [0.4, 0.5) is 5.69 Å². The quantitative estimate of drug-likeness (QED) is 0.769. The van der Waals surface area contributed by atoms with Crippen LogP contribution in [0.25, 0.3) is 16.7 Å². The Morgan fingerprint density at radius 2 is 2.19 bits per heavy atom. The molecule has 0 amide bonds. The fourth-order valence-electron chi connectivity index (χ4n) is 2.80. The summed E-state index contributed by atoms with van der Waals surface area (Å²) in [6.45, 7) is 1.02. The predicted molar refractivity (Wildman–Crippen MR) is 87.5 cm³/mol. The maximum absolute atomic E-state index is 5.32. The first-order valence-corrected chi connectivity index (χ1v) is 7.63. The normalized spacial score (nSPS) is 13.2. The molecule has 0 aliphatic carbocycles. The lowest BCUT2D eigenvalue weighted by Gasteiger charge is -2.08. The number of nitrogens with one attached hydrogen (secondary N) is 1. The molecule has 1 aliphatic heterocycles. The molecule has 4 rings (SSSR count). The molecule has 0 atom stereocenters. The Kier molecular flexibility index (Phi) is 2.89. The van der Waals surface area contributed by atoms with E-state index in [0.717, 1.165) is 39.9 Å². The standard InChI is InChI=1S/C16H14BrN3O/c1-21-16-8-14-15(7-12(16)17)20(9-19-14)11-3-2-10-4-5-18-13(10)6-11/h2-3,6-9,18H,4-5H2,1H3. The van der Waals surface area contributed by atoms with Gasteiger partial charge in [-0.1, -0.05) is 6.07 Å². The Labute approximate surface area is 130 Å². The van der Waals surface area contributed by atoms with Crippen LogP contribution in [-0.4, -0.2) is 23.2 Å². The zero-order chi connectivity index (χ0) is 14.4. The number of halogens is 1. The van der Waals surface area contributed by atoms with E-state index in [-0.39, 0.29) is 0 Å². The van der Waals surface area contributed by atoms with Gasteiger partial charge in [0.05, 0.1) is 22.6 Å². The van der Waals surface area contributed by atoms with Crippen LogP contribution in [-0.2, 0) is 6.42 Å². The molecule has 0 bridgehead atoms. The van der Waals surface area contributed by atoms with Crippen LogP contribution >= 0.6 is 15.9 Å². The summed E-state index contributed by atoms with van der Waals surface area (Å²) in [5.41, 5.74) is 5.69. The molecule has 0 fully saturated rings. The summed E-state index contributed by atoms with van der Waals surface area (Å²) in [6.07, 6.45) is 2.95. The summed E-state index contributed by atoms with van der Waals surface area (Å²) in [4.78, 5) is 4.48. The van der Waals surface area contributed by atoms with E-state index >= 15 is 0 Å². The van der Waals surface area contributed by atoms with Crippen LogP contribution in [0.15, 0.2) is 41.1 Å². The van der Waals surface area contributed by atoms with E-state index < -0.39 is 0 Å². The molecule has 1 aromatic heterocycles. The average Bonchev–Trinajstić information content (AvgIpc) is 3.11. The molecule has 0 radical (unpaired) electrons. The van der Waals surface area contributed by atoms with Crippen molar-refractivity contribution in [2.45, 2.75) is 6.42 Å². The molecule has 106 valence electrons. The van der Waals surface area contributed by atoms with Gasteiger partial charge < -0.3 is 10.1 Å². The molecule has 0 spiro atoms. The molecule has 0 saturated heterocycles. The van der Waals surface area contributed by atoms with Crippen molar-refractivity contribution in [3.05, 3.63) is 46.7 Å². The molecular weight excluding hydrogens is 330 g/mol. The number of benzene rings is 2. The highest BCUT2D eigenvalue weighted by molar-refractivity contribution is 9.10. The van der Waals surface area contributed by atoms with Crippen molar-refractivity contribution in [2.24, 2.45) is 0 Å². The second kappa shape index (κ2) is 4.77. The molecule has 3 aromatic rings. The highest BCUT2D eigenvalue weighted by Crippen LogP contribution is 2.32. The third-order valence-corrected chi connectivity index (χ3v) is 4.52. The molecular formula is C16H14BrN3O. The molecule has 1 aliphatic rings. The van der Waals surface area contributed by atoms with Gasteiger partial charge in [-0.15, -0.1) is 0 Å². The largest absolute Gasteiger partial charge is 0.495 e. The summed E-state index contributed by atoms with van der Waals surface area (Å²) in [5, 5.41) is 3.42. The van der Waals surface area contributed by atoms with Gasteiger partial charge in [0.25, 0.3) is 0 Å². The fourth-order valence-corrected chi connectivity index (χ4v) is 3.29. The summed E-state index contributed by atoms with van der Waals surface area (Å²) in [7, 11) is 1.66. The van der Waals surface area contributed by atoms with Crippen molar-refractivity contribution in [3.63, 3.8) is 0 Å². The van der Waals surface area contributed by atoms with Gasteiger partial charge in [0.15, 0.2) is 0 Å². The number of imidazole rings is 1. The number of aromatic nitrogens is 2. The lowest BCUT2D eigenvalue weighted by atomic mass is 10.1. The van der Waals surface area contributed by atoms with Crippen LogP contribution in [0.5, 0.6) is 5.75 Å². The first kappa shape index (κ1) is 12.7. The van der Waals surface area contributed by atoms with Crippen molar-refractivity contribution >= 4 is 32.7 Å². The fraction of sp³-hybridized carbons (Fsp3) is 0.188. The lowest BCUT2D eigenvalue weighted by molar-refractivity contribution is 0.412. The third-order valence-electron chi connectivity index (χ3n) is 3.90. The molecule has 0 unspecified atom stereocenters. The number of ether oxygens (including phenoxy) is 1. The van der Waals surface area contributed by atoms with Crippen LogP contribution in [0.2, 0.25) is 0 Å². The smallest absolute Gasteiger partial charge is 0.135 e. The van der Waals surface area contributed by atoms with E-state index in [0.29, 0.717) is 0 Å². The Morgan fingerprint density at radius 3 is 3.05 bits per heavy atom. The molecule has 21 heavy (non-hydrogen) atoms. The van der Waals surface area contributed by atoms with E-state index in [1.165, 1.54) is 11.3 Å². The van der Waals surface area contributed by atoms with Gasteiger partial charge in [-0.2, -0.15) is 0 Å². The van der Waals surface area contributed by atoms with Gasteiger partial charge >= 0.3 is 0 Å². The van der Waals surface area contributed by atoms with Gasteiger partial charge in [0.1, 0.15) is 12.1 Å². The maximum Gasteiger partial charge on any atom is 0.135 e. The van der Waals surface area contributed by atoms with E-state index in [4.69, 9.17) is 4.74 Å². The highest BCUT2D eigenvalue weighted by Gasteiger charge is 2.13. The third kappa shape index (κ3) is 2.00. The maximum atomic E-state index is 5.32. The van der Waals surface area contributed by atoms with Crippen molar-refractivity contribution in [3.8, 4) is 11.4 Å². The summed E-state index contributed by atoms with van der Waals surface area (Å²) in [6, 6.07) is 10.5. The van der Waals surface area contributed by atoms with Crippen LogP contribution in [0, 0.1) is 0 Å². The number of hydrogen-bond acceptors (Lipinski definition) is 3. The number of anilines is 1. The Balaban J connectivity index is 1.89. The Hall–Kier alpha value is -2.01. The van der Waals surface area contributed by atoms with Crippen LogP contribution in [0.3, 0.4) is 0 Å². The SMILES string of the molecule is COc1cc2ncn(-c3ccc4c(c3)NCC4)c2cc1Br. The van der Waals surface area contributed by atoms with E-state index in [1.54, 1.807) is 7.11 Å². The number of fused-ring (bicyclic) bond motifs is 2. The van der Waals surface area contributed by atoms with Crippen LogP contribution in [0.1, 0.15) is 5.56 Å². The highest BCUT2D eigenvalue weighted by atomic mass is 79.9. The minimum absolute atomic E-state index is 0.795. The van der Waals surface area contributed by atoms with Gasteiger partial charge in [0.2, 0.25) is 0 Å². The summed E-state index contributed by atoms with van der Waals surface area (Å²) < 4.78 is 8.35. The molecule has 2 aromatic carbocycles. The van der Waals surface area contributed by atoms with Crippen molar-refractivity contribution in [2.75, 3.05) is 19.0 Å². The van der Waals surface area contributed by atoms with Crippen molar-refractivity contribution in [1.82, 2.24) is 9.55 Å². The zero-order valence-corrected chi connectivity index (χ0v) is 13.1. The molecule has 1 N–H and O–H groups in total. The number of nitrogens with zero attached hydrogens (tertiary/aromatic N) is 2. The molecule has 2 heterocycles. The van der Waals surface area contributed by atoms with E-state index in [1.807, 2.05) is 18.5 Å². The minimum atomic E-state index is 0.795. The topological polar surface area (TPSA) is 39.1 Å². The number of hydrogen-bond donors (Lipinski definition) is 1. The molecule has 4 nitrogen and oxygen atoms in total.